The number of rotatable bonds is 14. The fraction of sp³-hybridized carbons (Fsp3) is 0.355. The fourth-order valence-electron chi connectivity index (χ4n) is 3.76. The second-order valence-corrected chi connectivity index (χ2v) is 8.84. The van der Waals surface area contributed by atoms with Crippen LogP contribution in [0.25, 0.3) is 0 Å². The molecule has 0 radical (unpaired) electrons. The number of benzene rings is 3. The predicted octanol–water partition coefficient (Wildman–Crippen LogP) is 7.82. The minimum absolute atomic E-state index is 0.351. The summed E-state index contributed by atoms with van der Waals surface area (Å²) in [6.07, 6.45) is 9.34. The summed E-state index contributed by atoms with van der Waals surface area (Å²) in [7, 11) is 0. The van der Waals surface area contributed by atoms with Crippen molar-refractivity contribution in [2.45, 2.75) is 65.2 Å². The zero-order chi connectivity index (χ0) is 25.6. The number of ether oxygens (including phenoxy) is 3. The van der Waals surface area contributed by atoms with Gasteiger partial charge in [0.1, 0.15) is 17.2 Å². The van der Waals surface area contributed by atoms with Crippen LogP contribution in [0.2, 0.25) is 0 Å². The number of carbonyl (C=O) groups excluding carboxylic acids is 2. The fourth-order valence-corrected chi connectivity index (χ4v) is 3.76. The van der Waals surface area contributed by atoms with Crippen LogP contribution in [-0.4, -0.2) is 18.5 Å². The first-order valence-electron chi connectivity index (χ1n) is 12.9. The van der Waals surface area contributed by atoms with Gasteiger partial charge in [-0.3, -0.25) is 0 Å². The van der Waals surface area contributed by atoms with Gasteiger partial charge in [-0.2, -0.15) is 0 Å². The van der Waals surface area contributed by atoms with Crippen molar-refractivity contribution in [3.63, 3.8) is 0 Å². The Hall–Kier alpha value is -3.60. The van der Waals surface area contributed by atoms with Crippen molar-refractivity contribution in [2.24, 2.45) is 0 Å². The Labute approximate surface area is 214 Å². The molecule has 0 spiro atoms. The summed E-state index contributed by atoms with van der Waals surface area (Å²) in [5, 5.41) is 0. The lowest BCUT2D eigenvalue weighted by Crippen LogP contribution is -2.10. The molecule has 3 aromatic rings. The van der Waals surface area contributed by atoms with E-state index in [4.69, 9.17) is 14.2 Å². The molecule has 3 rings (SSSR count). The van der Waals surface area contributed by atoms with Crippen LogP contribution in [0.5, 0.6) is 17.2 Å². The molecule has 0 aliphatic rings. The van der Waals surface area contributed by atoms with Crippen LogP contribution < -0.4 is 14.2 Å². The molecule has 0 bridgehead atoms. The summed E-state index contributed by atoms with van der Waals surface area (Å²) in [5.74, 6) is 0.647. The number of hydrogen-bond acceptors (Lipinski definition) is 5. The maximum absolute atomic E-state index is 12.5. The molecule has 0 heterocycles. The summed E-state index contributed by atoms with van der Waals surface area (Å²) < 4.78 is 16.6. The number of esters is 2. The highest BCUT2D eigenvalue weighted by Gasteiger charge is 2.12. The first-order valence-corrected chi connectivity index (χ1v) is 12.9. The minimum Gasteiger partial charge on any atom is -0.494 e. The number of hydrogen-bond donors (Lipinski definition) is 0. The van der Waals surface area contributed by atoms with Gasteiger partial charge in [-0.1, -0.05) is 64.5 Å². The van der Waals surface area contributed by atoms with Crippen LogP contribution in [0, 0.1) is 0 Å². The van der Waals surface area contributed by atoms with Gasteiger partial charge in [0.05, 0.1) is 17.7 Å². The van der Waals surface area contributed by atoms with Crippen molar-refractivity contribution in [2.75, 3.05) is 6.61 Å². The van der Waals surface area contributed by atoms with Gasteiger partial charge >= 0.3 is 11.9 Å². The topological polar surface area (TPSA) is 61.8 Å². The normalized spacial score (nSPS) is 10.6. The molecule has 0 atom stereocenters. The van der Waals surface area contributed by atoms with E-state index in [1.165, 1.54) is 37.7 Å². The average Bonchev–Trinajstić information content (AvgIpc) is 2.90. The Morgan fingerprint density at radius 2 is 1.03 bits per heavy atom. The van der Waals surface area contributed by atoms with Gasteiger partial charge < -0.3 is 14.2 Å². The van der Waals surface area contributed by atoms with E-state index in [1.807, 2.05) is 12.1 Å². The third kappa shape index (κ3) is 8.88. The Morgan fingerprint density at radius 3 is 1.56 bits per heavy atom. The van der Waals surface area contributed by atoms with E-state index in [2.05, 4.69) is 13.8 Å². The van der Waals surface area contributed by atoms with Crippen LogP contribution in [0.15, 0.2) is 72.8 Å². The van der Waals surface area contributed by atoms with Gasteiger partial charge in [0.25, 0.3) is 0 Å². The summed E-state index contributed by atoms with van der Waals surface area (Å²) in [5.41, 5.74) is 2.01. The lowest BCUT2D eigenvalue weighted by atomic mass is 10.1. The minimum atomic E-state index is -0.472. The second-order valence-electron chi connectivity index (χ2n) is 8.84. The molecule has 0 unspecified atom stereocenters. The van der Waals surface area contributed by atoms with Crippen molar-refractivity contribution in [3.8, 4) is 17.2 Å². The lowest BCUT2D eigenvalue weighted by molar-refractivity contribution is 0.0730. The molecule has 0 amide bonds. The van der Waals surface area contributed by atoms with Crippen LogP contribution in [-0.2, 0) is 6.42 Å². The van der Waals surface area contributed by atoms with Crippen molar-refractivity contribution < 1.29 is 23.8 Å². The first kappa shape index (κ1) is 27.0. The molecule has 190 valence electrons. The Bertz CT molecular complexity index is 1070. The van der Waals surface area contributed by atoms with Crippen LogP contribution in [0.1, 0.15) is 85.1 Å². The molecule has 0 saturated carbocycles. The monoisotopic (exact) mass is 488 g/mol. The average molecular weight is 489 g/mol. The van der Waals surface area contributed by atoms with Gasteiger partial charge in [0.15, 0.2) is 0 Å². The van der Waals surface area contributed by atoms with Crippen molar-refractivity contribution >= 4 is 11.9 Å². The smallest absolute Gasteiger partial charge is 0.343 e. The van der Waals surface area contributed by atoms with Gasteiger partial charge in [0, 0.05) is 0 Å². The molecule has 0 N–H and O–H groups in total. The molecule has 5 heteroatoms. The zero-order valence-corrected chi connectivity index (χ0v) is 21.3. The van der Waals surface area contributed by atoms with Crippen LogP contribution >= 0.6 is 0 Å². The van der Waals surface area contributed by atoms with Gasteiger partial charge in [-0.15, -0.1) is 0 Å². The van der Waals surface area contributed by atoms with E-state index < -0.39 is 11.9 Å². The molecule has 36 heavy (non-hydrogen) atoms. The quantitative estimate of drug-likeness (QED) is 0.131. The Balaban J connectivity index is 1.44. The van der Waals surface area contributed by atoms with Gasteiger partial charge in [0.2, 0.25) is 0 Å². The molecule has 0 aliphatic heterocycles. The van der Waals surface area contributed by atoms with Gasteiger partial charge in [-0.25, -0.2) is 9.59 Å². The molecule has 0 aliphatic carbocycles. The predicted molar refractivity (Wildman–Crippen MR) is 142 cm³/mol. The molecule has 0 saturated heterocycles. The Morgan fingerprint density at radius 1 is 0.556 bits per heavy atom. The maximum atomic E-state index is 12.5. The number of unbranched alkanes of at least 4 members (excludes halogenated alkanes) is 5. The first-order chi connectivity index (χ1) is 17.6. The third-order valence-electron chi connectivity index (χ3n) is 5.83. The summed E-state index contributed by atoms with van der Waals surface area (Å²) in [6, 6.07) is 20.8. The molecule has 3 aromatic carbocycles. The summed E-state index contributed by atoms with van der Waals surface area (Å²) in [6.45, 7) is 5.01. The molecule has 0 aromatic heterocycles. The molecule has 0 fully saturated rings. The summed E-state index contributed by atoms with van der Waals surface area (Å²) in [4.78, 5) is 24.9. The highest BCUT2D eigenvalue weighted by Crippen LogP contribution is 2.19. The van der Waals surface area contributed by atoms with Gasteiger partial charge in [-0.05, 0) is 79.1 Å². The molecule has 5 nitrogen and oxygen atoms in total. The van der Waals surface area contributed by atoms with Crippen LogP contribution in [0.4, 0.5) is 0 Å². The molecular formula is C31H36O5. The molecular weight excluding hydrogens is 452 g/mol. The van der Waals surface area contributed by atoms with E-state index in [-0.39, 0.29) is 0 Å². The van der Waals surface area contributed by atoms with E-state index in [9.17, 15) is 9.59 Å². The highest BCUT2D eigenvalue weighted by atomic mass is 16.5. The standard InChI is InChI=1S/C31H36O5/c1-3-5-6-7-8-9-23-34-27-19-13-25(14-20-27)30(32)36-29-21-15-26(16-22-29)31(33)35-28-17-11-24(10-4-2)12-18-28/h11-22H,3-10,23H2,1-2H3. The van der Waals surface area contributed by atoms with Crippen LogP contribution in [0.3, 0.4) is 0 Å². The van der Waals surface area contributed by atoms with Crippen molar-refractivity contribution in [1.29, 1.82) is 0 Å². The Kier molecular flexibility index (Phi) is 11.0. The van der Waals surface area contributed by atoms with E-state index >= 15 is 0 Å². The third-order valence-corrected chi connectivity index (χ3v) is 5.83. The largest absolute Gasteiger partial charge is 0.494 e. The highest BCUT2D eigenvalue weighted by molar-refractivity contribution is 5.92. The van der Waals surface area contributed by atoms with E-state index in [0.29, 0.717) is 29.2 Å². The SMILES string of the molecule is CCCCCCCCOc1ccc(C(=O)Oc2ccc(C(=O)Oc3ccc(CCC)cc3)cc2)cc1. The van der Waals surface area contributed by atoms with E-state index in [1.54, 1.807) is 60.7 Å². The van der Waals surface area contributed by atoms with Crippen molar-refractivity contribution in [3.05, 3.63) is 89.5 Å². The maximum Gasteiger partial charge on any atom is 0.343 e. The lowest BCUT2D eigenvalue weighted by Gasteiger charge is -2.08. The van der Waals surface area contributed by atoms with Crippen molar-refractivity contribution in [1.82, 2.24) is 0 Å². The number of carbonyl (C=O) groups is 2. The summed E-state index contributed by atoms with van der Waals surface area (Å²) >= 11 is 0. The zero-order valence-electron chi connectivity index (χ0n) is 21.3. The second kappa shape index (κ2) is 14.7. The number of aryl methyl sites for hydroxylation is 1. The van der Waals surface area contributed by atoms with E-state index in [0.717, 1.165) is 25.0 Å².